The summed E-state index contributed by atoms with van der Waals surface area (Å²) >= 11 is 0. The Morgan fingerprint density at radius 1 is 1.20 bits per heavy atom. The molecule has 2 heterocycles. The maximum absolute atomic E-state index is 13.8. The van der Waals surface area contributed by atoms with Crippen molar-refractivity contribution in [3.63, 3.8) is 0 Å². The molecule has 0 amide bonds. The molecule has 2 atom stereocenters. The van der Waals surface area contributed by atoms with Gasteiger partial charge in [-0.3, -0.25) is 9.69 Å². The fourth-order valence-corrected chi connectivity index (χ4v) is 3.01. The zero-order valence-electron chi connectivity index (χ0n) is 11.1. The van der Waals surface area contributed by atoms with Crippen molar-refractivity contribution in [2.75, 3.05) is 13.2 Å². The van der Waals surface area contributed by atoms with E-state index in [0.29, 0.717) is 13.2 Å². The fourth-order valence-electron chi connectivity index (χ4n) is 3.01. The third-order valence-electron chi connectivity index (χ3n) is 4.09. The second-order valence-electron chi connectivity index (χ2n) is 5.54. The lowest BCUT2D eigenvalue weighted by atomic mass is 10.1. The van der Waals surface area contributed by atoms with E-state index in [-0.39, 0.29) is 19.1 Å². The summed E-state index contributed by atoms with van der Waals surface area (Å²) in [5.41, 5.74) is 1.07. The molecule has 2 aliphatic rings. The lowest BCUT2D eigenvalue weighted by Gasteiger charge is -2.40. The topological polar surface area (TPSA) is 29.5 Å². The Hall–Kier alpha value is -1.33. The third-order valence-corrected chi connectivity index (χ3v) is 4.09. The maximum atomic E-state index is 13.8. The van der Waals surface area contributed by atoms with Crippen LogP contribution in [0.3, 0.4) is 0 Å². The molecule has 108 valence electrons. The van der Waals surface area contributed by atoms with E-state index in [1.165, 1.54) is 0 Å². The molecule has 20 heavy (non-hydrogen) atoms. The predicted octanol–water partition coefficient (Wildman–Crippen LogP) is 2.25. The molecule has 3 rings (SSSR count). The molecule has 0 radical (unpaired) electrons. The van der Waals surface area contributed by atoms with E-state index in [2.05, 4.69) is 0 Å². The second-order valence-corrected chi connectivity index (χ2v) is 5.54. The summed E-state index contributed by atoms with van der Waals surface area (Å²) in [5.74, 6) is -4.17. The molecule has 2 aliphatic heterocycles. The Bertz CT molecular complexity index is 492. The number of carbonyl (C=O) groups is 1. The minimum absolute atomic E-state index is 0.129. The highest BCUT2D eigenvalue weighted by molar-refractivity contribution is 5.86. The molecule has 5 heteroatoms. The monoisotopic (exact) mass is 281 g/mol. The number of rotatable bonds is 2. The fraction of sp³-hybridized carbons (Fsp3) is 0.533. The maximum Gasteiger partial charge on any atom is 0.306 e. The van der Waals surface area contributed by atoms with Crippen LogP contribution in [0.5, 0.6) is 0 Å². The van der Waals surface area contributed by atoms with Crippen LogP contribution in [0, 0.1) is 0 Å². The molecule has 1 aromatic rings. The first-order valence-corrected chi connectivity index (χ1v) is 6.85. The molecule has 1 aromatic carbocycles. The van der Waals surface area contributed by atoms with Gasteiger partial charge in [0.05, 0.1) is 13.2 Å². The van der Waals surface area contributed by atoms with E-state index in [1.54, 1.807) is 0 Å². The van der Waals surface area contributed by atoms with E-state index in [9.17, 15) is 13.6 Å². The van der Waals surface area contributed by atoms with Crippen molar-refractivity contribution >= 4 is 5.78 Å². The number of alkyl halides is 2. The number of fused-ring (bicyclic) bond motifs is 2. The quantitative estimate of drug-likeness (QED) is 0.832. The molecular weight excluding hydrogens is 264 g/mol. The first kappa shape index (κ1) is 13.6. The number of Topliss-reactive ketones (excluding diaryl/α,β-unsaturated/α-hetero) is 1. The van der Waals surface area contributed by atoms with Crippen LogP contribution in [0.15, 0.2) is 30.3 Å². The molecular formula is C15H17F2NO2. The molecule has 2 saturated heterocycles. The van der Waals surface area contributed by atoms with E-state index >= 15 is 0 Å². The number of ether oxygens (including phenoxy) is 1. The first-order valence-electron chi connectivity index (χ1n) is 6.85. The van der Waals surface area contributed by atoms with Gasteiger partial charge in [0.15, 0.2) is 0 Å². The van der Waals surface area contributed by atoms with Crippen molar-refractivity contribution in [3.05, 3.63) is 35.9 Å². The molecule has 3 nitrogen and oxygen atoms in total. The lowest BCUT2D eigenvalue weighted by molar-refractivity contribution is -0.143. The van der Waals surface area contributed by atoms with Crippen LogP contribution in [0.4, 0.5) is 8.78 Å². The van der Waals surface area contributed by atoms with Gasteiger partial charge in [-0.25, -0.2) is 0 Å². The number of hydrogen-bond donors (Lipinski definition) is 0. The lowest BCUT2D eigenvalue weighted by Crippen LogP contribution is -2.51. The van der Waals surface area contributed by atoms with Crippen LogP contribution in [0.25, 0.3) is 0 Å². The van der Waals surface area contributed by atoms with Crippen LogP contribution in [-0.2, 0) is 16.1 Å². The number of ketones is 1. The van der Waals surface area contributed by atoms with Crippen LogP contribution in [0.2, 0.25) is 0 Å². The number of benzene rings is 1. The molecule has 2 bridgehead atoms. The molecule has 0 aliphatic carbocycles. The van der Waals surface area contributed by atoms with Gasteiger partial charge in [-0.2, -0.15) is 8.78 Å². The standard InChI is InChI=1S/C15H17F2NO2/c16-15(17)7-13-10-20-9-12(6-14(15)19)18(13)8-11-4-2-1-3-5-11/h1-5,12-13H,6-10H2. The van der Waals surface area contributed by atoms with Gasteiger partial charge in [-0.05, 0) is 5.56 Å². The van der Waals surface area contributed by atoms with Gasteiger partial charge in [-0.1, -0.05) is 30.3 Å². The smallest absolute Gasteiger partial charge is 0.306 e. The van der Waals surface area contributed by atoms with Gasteiger partial charge in [0.25, 0.3) is 0 Å². The summed E-state index contributed by atoms with van der Waals surface area (Å²) in [6, 6.07) is 9.10. The summed E-state index contributed by atoms with van der Waals surface area (Å²) in [6.07, 6.45) is -0.564. The molecule has 0 N–H and O–H groups in total. The van der Waals surface area contributed by atoms with Crippen LogP contribution >= 0.6 is 0 Å². The summed E-state index contributed by atoms with van der Waals surface area (Å²) in [7, 11) is 0. The largest absolute Gasteiger partial charge is 0.378 e. The van der Waals surface area contributed by atoms with Crippen LogP contribution in [0.1, 0.15) is 18.4 Å². The summed E-state index contributed by atoms with van der Waals surface area (Å²) in [6.45, 7) is 1.21. The zero-order valence-corrected chi connectivity index (χ0v) is 11.1. The van der Waals surface area contributed by atoms with Gasteiger partial charge >= 0.3 is 5.92 Å². The number of nitrogens with zero attached hydrogens (tertiary/aromatic N) is 1. The van der Waals surface area contributed by atoms with Crippen molar-refractivity contribution in [2.45, 2.75) is 37.4 Å². The summed E-state index contributed by atoms with van der Waals surface area (Å²) < 4.78 is 33.0. The molecule has 0 aromatic heterocycles. The van der Waals surface area contributed by atoms with Crippen molar-refractivity contribution in [1.29, 1.82) is 0 Å². The Labute approximate surface area is 116 Å². The van der Waals surface area contributed by atoms with Gasteiger partial charge in [0.2, 0.25) is 5.78 Å². The molecule has 0 saturated carbocycles. The van der Waals surface area contributed by atoms with Gasteiger partial charge in [0.1, 0.15) is 0 Å². The normalized spacial score (nSPS) is 30.0. The number of halogens is 2. The Morgan fingerprint density at radius 3 is 2.65 bits per heavy atom. The predicted molar refractivity (Wildman–Crippen MR) is 69.6 cm³/mol. The highest BCUT2D eigenvalue weighted by Crippen LogP contribution is 2.34. The summed E-state index contributed by atoms with van der Waals surface area (Å²) in [5, 5.41) is 0. The number of morpholine rings is 1. The Morgan fingerprint density at radius 2 is 1.90 bits per heavy atom. The third kappa shape index (κ3) is 2.60. The van der Waals surface area contributed by atoms with E-state index in [4.69, 9.17) is 4.74 Å². The highest BCUT2D eigenvalue weighted by Gasteiger charge is 2.49. The minimum Gasteiger partial charge on any atom is -0.378 e. The van der Waals surface area contributed by atoms with Gasteiger partial charge in [0, 0.05) is 31.5 Å². The van der Waals surface area contributed by atoms with Crippen molar-refractivity contribution < 1.29 is 18.3 Å². The first-order chi connectivity index (χ1) is 9.56. The number of carbonyl (C=O) groups excluding carboxylic acids is 1. The van der Waals surface area contributed by atoms with Crippen LogP contribution < -0.4 is 0 Å². The average Bonchev–Trinajstić information content (AvgIpc) is 2.47. The van der Waals surface area contributed by atoms with Crippen molar-refractivity contribution in [2.24, 2.45) is 0 Å². The minimum atomic E-state index is -3.22. The van der Waals surface area contributed by atoms with E-state index in [1.807, 2.05) is 35.2 Å². The van der Waals surface area contributed by atoms with E-state index in [0.717, 1.165) is 5.56 Å². The second kappa shape index (κ2) is 5.22. The average molecular weight is 281 g/mol. The molecule has 2 unspecified atom stereocenters. The highest BCUT2D eigenvalue weighted by atomic mass is 19.3. The van der Waals surface area contributed by atoms with E-state index < -0.39 is 24.2 Å². The van der Waals surface area contributed by atoms with Gasteiger partial charge < -0.3 is 4.74 Å². The van der Waals surface area contributed by atoms with Crippen molar-refractivity contribution in [3.8, 4) is 0 Å². The molecule has 0 spiro atoms. The Balaban J connectivity index is 1.84. The van der Waals surface area contributed by atoms with Crippen molar-refractivity contribution in [1.82, 2.24) is 4.90 Å². The van der Waals surface area contributed by atoms with Crippen LogP contribution in [-0.4, -0.2) is 41.9 Å². The van der Waals surface area contributed by atoms with Gasteiger partial charge in [-0.15, -0.1) is 0 Å². The SMILES string of the molecule is O=C1CC2COCC(CC1(F)F)N2Cc1ccccc1. The number of hydrogen-bond acceptors (Lipinski definition) is 3. The molecule has 2 fully saturated rings. The summed E-state index contributed by atoms with van der Waals surface area (Å²) in [4.78, 5) is 13.7. The zero-order chi connectivity index (χ0) is 14.2. The Kier molecular flexibility index (Phi) is 3.56.